The van der Waals surface area contributed by atoms with E-state index in [1.807, 2.05) is 18.5 Å². The summed E-state index contributed by atoms with van der Waals surface area (Å²) in [7, 11) is -2.72. The number of hydrogen-bond donors (Lipinski definition) is 1. The highest BCUT2D eigenvalue weighted by Crippen LogP contribution is 2.34. The molecule has 7 aromatic rings. The van der Waals surface area contributed by atoms with E-state index in [1.165, 1.54) is 31.9 Å². The van der Waals surface area contributed by atoms with Gasteiger partial charge in [-0.15, -0.1) is 0 Å². The minimum absolute atomic E-state index is 0.870. The zero-order chi connectivity index (χ0) is 28.6. The molecule has 0 radical (unpaired) electrons. The third-order valence-corrected chi connectivity index (χ3v) is 13.3. The van der Waals surface area contributed by atoms with E-state index in [0.29, 0.717) is 0 Å². The zero-order valence-corrected chi connectivity index (χ0v) is 24.7. The first kappa shape index (κ1) is 25.4. The van der Waals surface area contributed by atoms with Crippen molar-refractivity contribution in [3.05, 3.63) is 157 Å². The quantitative estimate of drug-likeness (QED) is 0.222. The fourth-order valence-electron chi connectivity index (χ4n) is 6.81. The molecule has 0 spiro atoms. The lowest BCUT2D eigenvalue weighted by molar-refractivity contribution is 1.03. The third-order valence-electron chi connectivity index (χ3n) is 8.67. The Bertz CT molecular complexity index is 2080. The van der Waals surface area contributed by atoms with Crippen LogP contribution in [0.1, 0.15) is 12.8 Å². The average molecular weight is 571 g/mol. The second kappa shape index (κ2) is 10.5. The summed E-state index contributed by atoms with van der Waals surface area (Å²) in [6.45, 7) is 0. The van der Waals surface area contributed by atoms with Crippen molar-refractivity contribution in [1.29, 1.82) is 0 Å². The minimum Gasteiger partial charge on any atom is -0.345 e. The van der Waals surface area contributed by atoms with E-state index >= 15 is 0 Å². The zero-order valence-electron chi connectivity index (χ0n) is 23.7. The van der Waals surface area contributed by atoms with E-state index in [1.54, 1.807) is 6.20 Å². The number of nitrogens with one attached hydrogen (secondary N) is 1. The maximum absolute atomic E-state index is 5.08. The molecular weight excluding hydrogens is 541 g/mol. The van der Waals surface area contributed by atoms with Crippen molar-refractivity contribution < 1.29 is 0 Å². The molecule has 0 unspecified atom stereocenters. The van der Waals surface area contributed by atoms with Gasteiger partial charge in [0.1, 0.15) is 5.82 Å². The lowest BCUT2D eigenvalue weighted by Crippen LogP contribution is -2.69. The first-order chi connectivity index (χ1) is 21.3. The molecule has 0 bridgehead atoms. The normalized spacial score (nSPS) is 14.6. The van der Waals surface area contributed by atoms with E-state index in [-0.39, 0.29) is 0 Å². The predicted molar refractivity (Wildman–Crippen MR) is 180 cm³/mol. The summed E-state index contributed by atoms with van der Waals surface area (Å²) >= 11 is 0. The van der Waals surface area contributed by atoms with Crippen molar-refractivity contribution in [3.63, 3.8) is 0 Å². The van der Waals surface area contributed by atoms with Crippen molar-refractivity contribution in [2.24, 2.45) is 0 Å². The number of aromatic nitrogens is 4. The molecule has 206 valence electrons. The first-order valence-electron chi connectivity index (χ1n) is 14.8. The van der Waals surface area contributed by atoms with E-state index in [0.717, 1.165) is 40.8 Å². The molecule has 1 aliphatic carbocycles. The Kier molecular flexibility index (Phi) is 6.23. The number of rotatable bonds is 6. The monoisotopic (exact) mass is 570 g/mol. The Hall–Kier alpha value is -5.26. The molecular formula is C38H30N4Si. The van der Waals surface area contributed by atoms with E-state index < -0.39 is 8.07 Å². The Morgan fingerprint density at radius 3 is 2.30 bits per heavy atom. The van der Waals surface area contributed by atoms with Crippen molar-refractivity contribution in [2.45, 2.75) is 12.8 Å². The van der Waals surface area contributed by atoms with Gasteiger partial charge < -0.3 is 9.55 Å². The molecule has 4 aromatic carbocycles. The van der Waals surface area contributed by atoms with Gasteiger partial charge in [0.25, 0.3) is 0 Å². The van der Waals surface area contributed by atoms with Crippen LogP contribution in [-0.2, 0) is 0 Å². The molecule has 8 rings (SSSR count). The van der Waals surface area contributed by atoms with E-state index in [9.17, 15) is 0 Å². The molecule has 1 aliphatic rings. The summed E-state index contributed by atoms with van der Waals surface area (Å²) in [5, 5.41) is 7.67. The maximum Gasteiger partial charge on any atom is 0.201 e. The number of pyridine rings is 1. The molecule has 43 heavy (non-hydrogen) atoms. The fourth-order valence-corrected chi connectivity index (χ4v) is 11.5. The van der Waals surface area contributed by atoms with Gasteiger partial charge in [-0.1, -0.05) is 97.1 Å². The largest absolute Gasteiger partial charge is 0.345 e. The van der Waals surface area contributed by atoms with Crippen LogP contribution in [0.25, 0.3) is 38.9 Å². The van der Waals surface area contributed by atoms with Crippen LogP contribution in [0.15, 0.2) is 157 Å². The predicted octanol–water partition coefficient (Wildman–Crippen LogP) is 6.85. The number of aromatic amines is 1. The van der Waals surface area contributed by atoms with Crippen LogP contribution in [0.5, 0.6) is 0 Å². The Morgan fingerprint density at radius 2 is 1.49 bits per heavy atom. The van der Waals surface area contributed by atoms with Gasteiger partial charge in [0.15, 0.2) is 0 Å². The molecule has 0 saturated heterocycles. The van der Waals surface area contributed by atoms with Gasteiger partial charge in [-0.3, -0.25) is 4.98 Å². The number of imidazole rings is 1. The second-order valence-corrected chi connectivity index (χ2v) is 14.8. The number of fused-ring (bicyclic) bond motifs is 3. The Labute approximate surface area is 251 Å². The van der Waals surface area contributed by atoms with Crippen LogP contribution in [-0.4, -0.2) is 27.6 Å². The van der Waals surface area contributed by atoms with Gasteiger partial charge in [0, 0.05) is 45.9 Å². The van der Waals surface area contributed by atoms with E-state index in [4.69, 9.17) is 4.98 Å². The van der Waals surface area contributed by atoms with Gasteiger partial charge in [-0.2, -0.15) is 0 Å². The summed E-state index contributed by atoms with van der Waals surface area (Å²) in [6, 6.07) is 42.0. The standard InChI is InChI=1S/C38H30N4Si/c1-3-13-30(14-4-1)43(31-15-5-2-6-16-31,37-20-9-10-23-39-37)32-17-11-12-29(27-32)42-35-19-8-7-18-33(35)34-22-21-28(26-36(34)42)38-40-24-25-41-38/h1,3-5,7-27H,2,6H2,(H,40,41)/t43-/m0/s1. The minimum atomic E-state index is -2.72. The molecule has 1 N–H and O–H groups in total. The summed E-state index contributed by atoms with van der Waals surface area (Å²) < 4.78 is 2.41. The van der Waals surface area contributed by atoms with Crippen molar-refractivity contribution in [2.75, 3.05) is 0 Å². The van der Waals surface area contributed by atoms with Gasteiger partial charge in [-0.25, -0.2) is 4.98 Å². The Balaban J connectivity index is 1.43. The molecule has 0 aliphatic heterocycles. The summed E-state index contributed by atoms with van der Waals surface area (Å²) in [5.41, 5.74) is 4.56. The van der Waals surface area contributed by atoms with E-state index in [2.05, 4.69) is 142 Å². The highest BCUT2D eigenvalue weighted by molar-refractivity contribution is 7.16. The average Bonchev–Trinajstić information content (AvgIpc) is 3.74. The fraction of sp³-hybridized carbons (Fsp3) is 0.0526. The topological polar surface area (TPSA) is 46.5 Å². The SMILES string of the molecule is C1=CC([Si@@](c2ccccc2)(c2cccc(-n3c4ccccc4c4ccc(-c5ncc[nH]5)cc43)c2)c2ccccn2)=CCC1. The number of nitrogens with zero attached hydrogens (tertiary/aromatic N) is 3. The van der Waals surface area contributed by atoms with Crippen LogP contribution >= 0.6 is 0 Å². The molecule has 3 heterocycles. The van der Waals surface area contributed by atoms with Crippen molar-refractivity contribution >= 4 is 45.6 Å². The lowest BCUT2D eigenvalue weighted by Gasteiger charge is -2.35. The second-order valence-electron chi connectivity index (χ2n) is 11.0. The van der Waals surface area contributed by atoms with Crippen LogP contribution < -0.4 is 15.7 Å². The number of benzene rings is 4. The van der Waals surface area contributed by atoms with Gasteiger partial charge in [0.2, 0.25) is 8.07 Å². The molecule has 0 amide bonds. The van der Waals surface area contributed by atoms with Crippen LogP contribution in [0.4, 0.5) is 0 Å². The smallest absolute Gasteiger partial charge is 0.201 e. The third kappa shape index (κ3) is 4.12. The molecule has 0 fully saturated rings. The van der Waals surface area contributed by atoms with Crippen LogP contribution in [0.3, 0.4) is 0 Å². The first-order valence-corrected chi connectivity index (χ1v) is 16.8. The van der Waals surface area contributed by atoms with Crippen LogP contribution in [0.2, 0.25) is 0 Å². The van der Waals surface area contributed by atoms with Gasteiger partial charge in [-0.05, 0) is 64.8 Å². The Morgan fingerprint density at radius 1 is 0.651 bits per heavy atom. The molecule has 3 aromatic heterocycles. The highest BCUT2D eigenvalue weighted by atomic mass is 28.3. The number of para-hydroxylation sites is 1. The van der Waals surface area contributed by atoms with Crippen molar-refractivity contribution in [1.82, 2.24) is 19.5 Å². The maximum atomic E-state index is 5.08. The number of allylic oxidation sites excluding steroid dienone is 4. The molecule has 1 atom stereocenters. The summed E-state index contributed by atoms with van der Waals surface area (Å²) in [5.74, 6) is 0.870. The molecule has 4 nitrogen and oxygen atoms in total. The summed E-state index contributed by atoms with van der Waals surface area (Å²) in [6.07, 6.45) is 14.9. The number of hydrogen-bond acceptors (Lipinski definition) is 2. The van der Waals surface area contributed by atoms with Gasteiger partial charge >= 0.3 is 0 Å². The molecule has 5 heteroatoms. The van der Waals surface area contributed by atoms with Crippen molar-refractivity contribution in [3.8, 4) is 17.1 Å². The highest BCUT2D eigenvalue weighted by Gasteiger charge is 2.44. The lowest BCUT2D eigenvalue weighted by atomic mass is 10.1. The molecule has 0 saturated carbocycles. The van der Waals surface area contributed by atoms with Crippen LogP contribution in [0, 0.1) is 0 Å². The summed E-state index contributed by atoms with van der Waals surface area (Å²) in [4.78, 5) is 12.9. The number of H-pyrrole nitrogens is 1. The van der Waals surface area contributed by atoms with Gasteiger partial charge in [0.05, 0.1) is 11.0 Å².